The normalized spacial score (nSPS) is 19.8. The lowest BCUT2D eigenvalue weighted by atomic mass is 9.98. The number of carbonyl (C=O) groups excluding carboxylic acids is 2. The SMILES string of the molecule is COc1ccc(S(=O)(=O)N2CCCC(C(=O)NC(C)c3ccc(NC(=O)C4CC4)cc3)C2)cc1. The summed E-state index contributed by atoms with van der Waals surface area (Å²) in [6.07, 6.45) is 3.16. The van der Waals surface area contributed by atoms with E-state index < -0.39 is 15.9 Å². The summed E-state index contributed by atoms with van der Waals surface area (Å²) >= 11 is 0. The number of ether oxygens (including phenoxy) is 1. The molecule has 1 saturated carbocycles. The van der Waals surface area contributed by atoms with Gasteiger partial charge in [0, 0.05) is 24.7 Å². The number of anilines is 1. The Morgan fingerprint density at radius 2 is 1.65 bits per heavy atom. The number of carbonyl (C=O) groups is 2. The molecular formula is C25H31N3O5S. The van der Waals surface area contributed by atoms with Gasteiger partial charge in [-0.2, -0.15) is 4.31 Å². The van der Waals surface area contributed by atoms with Crippen LogP contribution in [0.2, 0.25) is 0 Å². The topological polar surface area (TPSA) is 105 Å². The van der Waals surface area contributed by atoms with E-state index in [1.165, 1.54) is 23.5 Å². The van der Waals surface area contributed by atoms with E-state index in [4.69, 9.17) is 4.74 Å². The fourth-order valence-corrected chi connectivity index (χ4v) is 5.65. The predicted octanol–water partition coefficient (Wildman–Crippen LogP) is 3.32. The van der Waals surface area contributed by atoms with Crippen LogP contribution in [0.25, 0.3) is 0 Å². The molecule has 0 radical (unpaired) electrons. The largest absolute Gasteiger partial charge is 0.497 e. The number of nitrogens with zero attached hydrogens (tertiary/aromatic N) is 1. The minimum absolute atomic E-state index is 0.0561. The Morgan fingerprint density at radius 1 is 0.971 bits per heavy atom. The van der Waals surface area contributed by atoms with Gasteiger partial charge in [0.1, 0.15) is 5.75 Å². The first-order valence-corrected chi connectivity index (χ1v) is 13.1. The standard InChI is InChI=1S/C25H31N3O5S/c1-17(18-7-9-21(10-8-18)27-24(29)19-5-6-19)26-25(30)20-4-3-15-28(16-20)34(31,32)23-13-11-22(33-2)12-14-23/h7-14,17,19-20H,3-6,15-16H2,1-2H3,(H,26,30)(H,27,29). The number of hydrogen-bond donors (Lipinski definition) is 2. The second-order valence-electron chi connectivity index (χ2n) is 8.99. The molecule has 0 bridgehead atoms. The van der Waals surface area contributed by atoms with Crippen molar-refractivity contribution in [2.24, 2.45) is 11.8 Å². The third kappa shape index (κ3) is 5.59. The van der Waals surface area contributed by atoms with E-state index in [1.54, 1.807) is 12.1 Å². The summed E-state index contributed by atoms with van der Waals surface area (Å²) in [5, 5.41) is 5.92. The van der Waals surface area contributed by atoms with Crippen LogP contribution in [0.3, 0.4) is 0 Å². The Morgan fingerprint density at radius 3 is 2.26 bits per heavy atom. The molecule has 182 valence electrons. The zero-order chi connectivity index (χ0) is 24.3. The maximum Gasteiger partial charge on any atom is 0.243 e. The van der Waals surface area contributed by atoms with E-state index >= 15 is 0 Å². The average Bonchev–Trinajstić information content (AvgIpc) is 3.70. The van der Waals surface area contributed by atoms with Crippen LogP contribution in [0.15, 0.2) is 53.4 Å². The van der Waals surface area contributed by atoms with Crippen LogP contribution in [-0.4, -0.2) is 44.7 Å². The first-order valence-electron chi connectivity index (χ1n) is 11.6. The number of benzene rings is 2. The van der Waals surface area contributed by atoms with Gasteiger partial charge in [0.05, 0.1) is 24.0 Å². The Kier molecular flexibility index (Phi) is 7.23. The third-order valence-electron chi connectivity index (χ3n) is 6.44. The lowest BCUT2D eigenvalue weighted by Crippen LogP contribution is -2.45. The first-order chi connectivity index (χ1) is 16.3. The molecule has 2 unspecified atom stereocenters. The molecule has 2 aliphatic rings. The third-order valence-corrected chi connectivity index (χ3v) is 8.32. The van der Waals surface area contributed by atoms with Gasteiger partial charge in [0.15, 0.2) is 0 Å². The highest BCUT2D eigenvalue weighted by atomic mass is 32.2. The number of sulfonamides is 1. The van der Waals surface area contributed by atoms with Crippen LogP contribution >= 0.6 is 0 Å². The van der Waals surface area contributed by atoms with Gasteiger partial charge in [-0.15, -0.1) is 0 Å². The van der Waals surface area contributed by atoms with Gasteiger partial charge in [-0.1, -0.05) is 12.1 Å². The van der Waals surface area contributed by atoms with Crippen LogP contribution in [0.5, 0.6) is 5.75 Å². The summed E-state index contributed by atoms with van der Waals surface area (Å²) in [5.74, 6) is 0.207. The molecule has 0 aromatic heterocycles. The molecule has 9 heteroatoms. The molecule has 2 N–H and O–H groups in total. The molecule has 1 saturated heterocycles. The van der Waals surface area contributed by atoms with Gasteiger partial charge in [-0.05, 0) is 74.6 Å². The number of nitrogens with one attached hydrogen (secondary N) is 2. The van der Waals surface area contributed by atoms with E-state index in [1.807, 2.05) is 31.2 Å². The van der Waals surface area contributed by atoms with Crippen molar-refractivity contribution in [2.45, 2.75) is 43.5 Å². The molecule has 0 spiro atoms. The number of amides is 2. The maximum atomic E-state index is 13.1. The summed E-state index contributed by atoms with van der Waals surface area (Å²) in [4.78, 5) is 25.1. The van der Waals surface area contributed by atoms with Gasteiger partial charge in [-0.3, -0.25) is 9.59 Å². The van der Waals surface area contributed by atoms with E-state index in [0.717, 1.165) is 24.1 Å². The van der Waals surface area contributed by atoms with Crippen molar-refractivity contribution >= 4 is 27.5 Å². The molecule has 1 aliphatic carbocycles. The van der Waals surface area contributed by atoms with Crippen molar-refractivity contribution in [1.29, 1.82) is 0 Å². The second kappa shape index (κ2) is 10.1. The van der Waals surface area contributed by atoms with E-state index in [0.29, 0.717) is 25.1 Å². The highest BCUT2D eigenvalue weighted by molar-refractivity contribution is 7.89. The van der Waals surface area contributed by atoms with Crippen molar-refractivity contribution in [1.82, 2.24) is 9.62 Å². The van der Waals surface area contributed by atoms with Crippen LogP contribution < -0.4 is 15.4 Å². The summed E-state index contributed by atoms with van der Waals surface area (Å²) in [7, 11) is -2.16. The Hall–Kier alpha value is -2.91. The van der Waals surface area contributed by atoms with Crippen molar-refractivity contribution in [3.05, 3.63) is 54.1 Å². The lowest BCUT2D eigenvalue weighted by molar-refractivity contribution is -0.126. The minimum Gasteiger partial charge on any atom is -0.497 e. The highest BCUT2D eigenvalue weighted by Crippen LogP contribution is 2.30. The van der Waals surface area contributed by atoms with E-state index in [2.05, 4.69) is 10.6 Å². The Balaban J connectivity index is 1.35. The molecule has 2 aromatic carbocycles. The van der Waals surface area contributed by atoms with Crippen molar-refractivity contribution in [2.75, 3.05) is 25.5 Å². The fraction of sp³-hybridized carbons (Fsp3) is 0.440. The molecule has 8 nitrogen and oxygen atoms in total. The number of rotatable bonds is 8. The van der Waals surface area contributed by atoms with Crippen LogP contribution in [-0.2, 0) is 19.6 Å². The number of methoxy groups -OCH3 is 1. The molecule has 2 fully saturated rings. The molecule has 2 atom stereocenters. The van der Waals surface area contributed by atoms with E-state index in [9.17, 15) is 18.0 Å². The smallest absolute Gasteiger partial charge is 0.243 e. The molecular weight excluding hydrogens is 454 g/mol. The molecule has 34 heavy (non-hydrogen) atoms. The van der Waals surface area contributed by atoms with Gasteiger partial charge < -0.3 is 15.4 Å². The van der Waals surface area contributed by atoms with Crippen LogP contribution in [0.1, 0.15) is 44.2 Å². The highest BCUT2D eigenvalue weighted by Gasteiger charge is 2.34. The zero-order valence-electron chi connectivity index (χ0n) is 19.5. The summed E-state index contributed by atoms with van der Waals surface area (Å²) in [5.41, 5.74) is 1.65. The van der Waals surface area contributed by atoms with Gasteiger partial charge in [0.2, 0.25) is 21.8 Å². The van der Waals surface area contributed by atoms with Crippen molar-refractivity contribution in [3.8, 4) is 5.75 Å². The van der Waals surface area contributed by atoms with Crippen molar-refractivity contribution < 1.29 is 22.7 Å². The maximum absolute atomic E-state index is 13.1. The van der Waals surface area contributed by atoms with Crippen LogP contribution in [0, 0.1) is 11.8 Å². The Bertz CT molecular complexity index is 1130. The quantitative estimate of drug-likeness (QED) is 0.597. The summed E-state index contributed by atoms with van der Waals surface area (Å²) in [6, 6.07) is 13.5. The lowest BCUT2D eigenvalue weighted by Gasteiger charge is -2.32. The molecule has 4 rings (SSSR count). The number of hydrogen-bond acceptors (Lipinski definition) is 5. The first kappa shape index (κ1) is 24.2. The molecule has 1 aliphatic heterocycles. The number of piperidine rings is 1. The van der Waals surface area contributed by atoms with Gasteiger partial charge in [-0.25, -0.2) is 8.42 Å². The zero-order valence-corrected chi connectivity index (χ0v) is 20.3. The van der Waals surface area contributed by atoms with E-state index in [-0.39, 0.29) is 35.2 Å². The Labute approximate surface area is 200 Å². The molecule has 1 heterocycles. The summed E-state index contributed by atoms with van der Waals surface area (Å²) in [6.45, 7) is 2.44. The van der Waals surface area contributed by atoms with Crippen LogP contribution in [0.4, 0.5) is 5.69 Å². The van der Waals surface area contributed by atoms with Crippen molar-refractivity contribution in [3.63, 3.8) is 0 Å². The average molecular weight is 486 g/mol. The minimum atomic E-state index is -3.69. The molecule has 2 aromatic rings. The van der Waals surface area contributed by atoms with Gasteiger partial charge in [0.25, 0.3) is 0 Å². The predicted molar refractivity (Wildman–Crippen MR) is 129 cm³/mol. The second-order valence-corrected chi connectivity index (χ2v) is 10.9. The van der Waals surface area contributed by atoms with Gasteiger partial charge >= 0.3 is 0 Å². The monoisotopic (exact) mass is 485 g/mol. The molecule has 2 amide bonds. The fourth-order valence-electron chi connectivity index (χ4n) is 4.13. The summed E-state index contributed by atoms with van der Waals surface area (Å²) < 4.78 is 32.7.